The molecule has 0 saturated heterocycles. The Balaban J connectivity index is 1.44. The Morgan fingerprint density at radius 2 is 2.19 bits per heavy atom. The number of carboxylic acid groups (broad SMARTS) is 1. The van der Waals surface area contributed by atoms with E-state index in [0.29, 0.717) is 19.6 Å². The Labute approximate surface area is 182 Å². The summed E-state index contributed by atoms with van der Waals surface area (Å²) in [5.74, 6) is 0.123. The number of imidazole rings is 1. The minimum atomic E-state index is -0.943. The Kier molecular flexibility index (Phi) is 6.15. The molecule has 0 saturated carbocycles. The Hall–Kier alpha value is -3.03. The summed E-state index contributed by atoms with van der Waals surface area (Å²) in [6.07, 6.45) is 4.20. The fraction of sp³-hybridized carbons (Fsp3) is 0.522. The van der Waals surface area contributed by atoms with Crippen molar-refractivity contribution in [1.82, 2.24) is 14.5 Å². The van der Waals surface area contributed by atoms with Crippen LogP contribution in [0.3, 0.4) is 0 Å². The molecule has 8 nitrogen and oxygen atoms in total. The molecule has 31 heavy (non-hydrogen) atoms. The molecule has 8 heteroatoms. The summed E-state index contributed by atoms with van der Waals surface area (Å²) >= 11 is 0. The molecule has 0 bridgehead atoms. The lowest BCUT2D eigenvalue weighted by atomic mass is 9.94. The monoisotopic (exact) mass is 426 g/mol. The van der Waals surface area contributed by atoms with Crippen LogP contribution in [-0.2, 0) is 35.5 Å². The van der Waals surface area contributed by atoms with Crippen LogP contribution in [0.5, 0.6) is 5.75 Å². The summed E-state index contributed by atoms with van der Waals surface area (Å²) in [5.41, 5.74) is 3.05. The number of rotatable bonds is 7. The fourth-order valence-electron chi connectivity index (χ4n) is 4.32. The highest BCUT2D eigenvalue weighted by Gasteiger charge is 2.32. The molecule has 166 valence electrons. The van der Waals surface area contributed by atoms with Gasteiger partial charge in [0.2, 0.25) is 11.9 Å². The first-order chi connectivity index (χ1) is 14.9. The Morgan fingerprint density at radius 3 is 2.94 bits per heavy atom. The molecule has 0 fully saturated rings. The second-order valence-electron chi connectivity index (χ2n) is 8.62. The number of carboxylic acids is 1. The lowest BCUT2D eigenvalue weighted by Crippen LogP contribution is -2.40. The SMILES string of the molecule is CC(C)N1Cc2cc(OCCc3cn4c(n3)NCCC4)ccc2CC(CC(=O)O)C1=O. The van der Waals surface area contributed by atoms with Crippen molar-refractivity contribution < 1.29 is 19.4 Å². The second-order valence-corrected chi connectivity index (χ2v) is 8.62. The maximum atomic E-state index is 12.9. The van der Waals surface area contributed by atoms with Crippen LogP contribution in [-0.4, -0.2) is 50.6 Å². The zero-order valence-corrected chi connectivity index (χ0v) is 18.1. The number of amides is 1. The topological polar surface area (TPSA) is 96.7 Å². The number of aliphatic carboxylic acids is 1. The van der Waals surface area contributed by atoms with E-state index in [1.165, 1.54) is 0 Å². The van der Waals surface area contributed by atoms with E-state index < -0.39 is 11.9 Å². The molecule has 2 N–H and O–H groups in total. The average molecular weight is 427 g/mol. The van der Waals surface area contributed by atoms with Crippen LogP contribution in [0.1, 0.15) is 43.5 Å². The highest BCUT2D eigenvalue weighted by Crippen LogP contribution is 2.29. The molecular weight excluding hydrogens is 396 g/mol. The first-order valence-electron chi connectivity index (χ1n) is 11.0. The fourth-order valence-corrected chi connectivity index (χ4v) is 4.32. The molecule has 0 aliphatic carbocycles. The smallest absolute Gasteiger partial charge is 0.304 e. The van der Waals surface area contributed by atoms with E-state index in [1.54, 1.807) is 4.90 Å². The van der Waals surface area contributed by atoms with E-state index in [1.807, 2.05) is 32.0 Å². The number of ether oxygens (including phenoxy) is 1. The number of hydrogen-bond acceptors (Lipinski definition) is 5. The number of aryl methyl sites for hydroxylation is 1. The molecule has 0 spiro atoms. The summed E-state index contributed by atoms with van der Waals surface area (Å²) in [6, 6.07) is 5.86. The molecule has 1 aromatic heterocycles. The first-order valence-corrected chi connectivity index (χ1v) is 11.0. The highest BCUT2D eigenvalue weighted by molar-refractivity contribution is 5.84. The number of carbonyl (C=O) groups is 2. The maximum absolute atomic E-state index is 12.9. The summed E-state index contributed by atoms with van der Waals surface area (Å²) < 4.78 is 8.14. The molecule has 4 rings (SSSR count). The predicted molar refractivity (Wildman–Crippen MR) is 116 cm³/mol. The number of fused-ring (bicyclic) bond motifs is 2. The van der Waals surface area contributed by atoms with Gasteiger partial charge in [0.25, 0.3) is 0 Å². The van der Waals surface area contributed by atoms with Crippen LogP contribution in [0.25, 0.3) is 0 Å². The number of carbonyl (C=O) groups excluding carboxylic acids is 1. The van der Waals surface area contributed by atoms with Gasteiger partial charge in [-0.3, -0.25) is 9.59 Å². The average Bonchev–Trinajstić information content (AvgIpc) is 3.08. The molecule has 2 aromatic rings. The van der Waals surface area contributed by atoms with E-state index >= 15 is 0 Å². The van der Waals surface area contributed by atoms with Gasteiger partial charge >= 0.3 is 5.97 Å². The van der Waals surface area contributed by atoms with Gasteiger partial charge in [-0.25, -0.2) is 4.98 Å². The molecule has 1 atom stereocenters. The van der Waals surface area contributed by atoms with Gasteiger partial charge in [0, 0.05) is 38.3 Å². The van der Waals surface area contributed by atoms with Crippen molar-refractivity contribution in [3.05, 3.63) is 41.2 Å². The highest BCUT2D eigenvalue weighted by atomic mass is 16.5. The van der Waals surface area contributed by atoms with Gasteiger partial charge in [-0.15, -0.1) is 0 Å². The molecule has 3 heterocycles. The number of benzene rings is 1. The van der Waals surface area contributed by atoms with Crippen molar-refractivity contribution in [2.24, 2.45) is 5.92 Å². The van der Waals surface area contributed by atoms with E-state index in [0.717, 1.165) is 54.4 Å². The quantitative estimate of drug-likeness (QED) is 0.707. The van der Waals surface area contributed by atoms with Crippen molar-refractivity contribution >= 4 is 17.8 Å². The van der Waals surface area contributed by atoms with E-state index in [9.17, 15) is 14.7 Å². The second kappa shape index (κ2) is 8.99. The van der Waals surface area contributed by atoms with Crippen LogP contribution >= 0.6 is 0 Å². The van der Waals surface area contributed by atoms with Gasteiger partial charge in [-0.1, -0.05) is 6.07 Å². The van der Waals surface area contributed by atoms with Crippen molar-refractivity contribution in [2.75, 3.05) is 18.5 Å². The standard InChI is InChI=1S/C23H30N4O4/c1-15(2)27-13-18-11-20(5-4-16(18)10-17(22(27)30)12-21(28)29)31-9-6-19-14-26-8-3-7-24-23(26)25-19/h4-5,11,14-15,17H,3,6-10,12-13H2,1-2H3,(H,24,25)(H,28,29). The van der Waals surface area contributed by atoms with Gasteiger partial charge in [0.15, 0.2) is 0 Å². The third-order valence-electron chi connectivity index (χ3n) is 5.97. The van der Waals surface area contributed by atoms with E-state index in [2.05, 4.69) is 21.1 Å². The first kappa shape index (κ1) is 21.2. The lowest BCUT2D eigenvalue weighted by Gasteiger charge is -2.27. The van der Waals surface area contributed by atoms with Gasteiger partial charge in [-0.2, -0.15) is 0 Å². The number of anilines is 1. The lowest BCUT2D eigenvalue weighted by molar-refractivity contribution is -0.145. The molecule has 2 aliphatic rings. The third kappa shape index (κ3) is 4.84. The van der Waals surface area contributed by atoms with Crippen molar-refractivity contribution in [3.8, 4) is 5.75 Å². The minimum Gasteiger partial charge on any atom is -0.493 e. The maximum Gasteiger partial charge on any atom is 0.304 e. The van der Waals surface area contributed by atoms with Crippen molar-refractivity contribution in [2.45, 2.75) is 58.7 Å². The molecule has 2 aliphatic heterocycles. The largest absolute Gasteiger partial charge is 0.493 e. The van der Waals surface area contributed by atoms with Gasteiger partial charge < -0.3 is 24.6 Å². The summed E-state index contributed by atoms with van der Waals surface area (Å²) in [4.78, 5) is 30.6. The number of nitrogens with zero attached hydrogens (tertiary/aromatic N) is 3. The predicted octanol–water partition coefficient (Wildman–Crippen LogP) is 2.70. The normalized spacial score (nSPS) is 18.2. The zero-order valence-electron chi connectivity index (χ0n) is 18.1. The van der Waals surface area contributed by atoms with Crippen LogP contribution < -0.4 is 10.1 Å². The van der Waals surface area contributed by atoms with Crippen LogP contribution in [0.15, 0.2) is 24.4 Å². The zero-order chi connectivity index (χ0) is 22.0. The van der Waals surface area contributed by atoms with Crippen LogP contribution in [0, 0.1) is 5.92 Å². The Morgan fingerprint density at radius 1 is 1.35 bits per heavy atom. The number of aromatic nitrogens is 2. The van der Waals surface area contributed by atoms with E-state index in [4.69, 9.17) is 4.74 Å². The third-order valence-corrected chi connectivity index (χ3v) is 5.97. The van der Waals surface area contributed by atoms with E-state index in [-0.39, 0.29) is 18.4 Å². The molecule has 1 aromatic carbocycles. The molecular formula is C23H30N4O4. The molecule has 1 unspecified atom stereocenters. The van der Waals surface area contributed by atoms with Gasteiger partial charge in [0.05, 0.1) is 24.6 Å². The number of nitrogens with one attached hydrogen (secondary N) is 1. The van der Waals surface area contributed by atoms with Crippen LogP contribution in [0.4, 0.5) is 5.95 Å². The Bertz CT molecular complexity index is 945. The van der Waals surface area contributed by atoms with Gasteiger partial charge in [-0.05, 0) is 49.9 Å². The van der Waals surface area contributed by atoms with Gasteiger partial charge in [0.1, 0.15) is 5.75 Å². The molecule has 0 radical (unpaired) electrons. The van der Waals surface area contributed by atoms with Crippen molar-refractivity contribution in [3.63, 3.8) is 0 Å². The van der Waals surface area contributed by atoms with Crippen LogP contribution in [0.2, 0.25) is 0 Å². The van der Waals surface area contributed by atoms with Crippen molar-refractivity contribution in [1.29, 1.82) is 0 Å². The minimum absolute atomic E-state index is 0.000114. The molecule has 1 amide bonds. The summed E-state index contributed by atoms with van der Waals surface area (Å²) in [7, 11) is 0. The number of hydrogen-bond donors (Lipinski definition) is 2. The summed E-state index contributed by atoms with van der Waals surface area (Å²) in [5, 5.41) is 12.5. The summed E-state index contributed by atoms with van der Waals surface area (Å²) in [6.45, 7) is 6.86.